The molecule has 2 aromatic rings. The number of hydrogen-bond donors (Lipinski definition) is 2. The van der Waals surface area contributed by atoms with Crippen molar-refractivity contribution in [3.05, 3.63) is 47.8 Å². The number of rotatable bonds is 8. The Kier molecular flexibility index (Phi) is 7.23. The number of likely N-dealkylation sites (tertiary alicyclic amines) is 1. The molecule has 1 unspecified atom stereocenters. The van der Waals surface area contributed by atoms with E-state index >= 15 is 0 Å². The summed E-state index contributed by atoms with van der Waals surface area (Å²) in [7, 11) is 0. The SMILES string of the molecule is CC(C)c1nn(-c2ccccc2)cc1CN1CCCCC1CNC(=O)CCN. The van der Waals surface area contributed by atoms with Gasteiger partial charge in [-0.15, -0.1) is 0 Å². The standard InChI is InChI=1S/C22H33N5O/c1-17(2)22-18(16-27(25-22)19-8-4-3-5-9-19)15-26-13-7-6-10-20(26)14-24-21(28)11-12-23/h3-5,8-9,16-17,20H,6-7,10-15,23H2,1-2H3,(H,24,28). The fraction of sp³-hybridized carbons (Fsp3) is 0.545. The maximum Gasteiger partial charge on any atom is 0.221 e. The first-order chi connectivity index (χ1) is 13.6. The molecular formula is C22H33N5O. The molecule has 0 aliphatic carbocycles. The Morgan fingerprint density at radius 1 is 1.29 bits per heavy atom. The van der Waals surface area contributed by atoms with E-state index in [4.69, 9.17) is 10.8 Å². The summed E-state index contributed by atoms with van der Waals surface area (Å²) < 4.78 is 1.99. The third-order valence-corrected chi connectivity index (χ3v) is 5.42. The molecule has 1 fully saturated rings. The zero-order valence-corrected chi connectivity index (χ0v) is 17.1. The van der Waals surface area contributed by atoms with Gasteiger partial charge in [0.1, 0.15) is 0 Å². The summed E-state index contributed by atoms with van der Waals surface area (Å²) in [5.41, 5.74) is 9.00. The molecule has 1 saturated heterocycles. The molecule has 1 aliphatic heterocycles. The van der Waals surface area contributed by atoms with Crippen molar-refractivity contribution in [2.24, 2.45) is 5.73 Å². The molecule has 1 amide bonds. The molecule has 0 spiro atoms. The van der Waals surface area contributed by atoms with Crippen LogP contribution < -0.4 is 11.1 Å². The van der Waals surface area contributed by atoms with Crippen molar-refractivity contribution in [1.82, 2.24) is 20.0 Å². The number of para-hydroxylation sites is 1. The molecule has 0 saturated carbocycles. The number of aromatic nitrogens is 2. The van der Waals surface area contributed by atoms with Crippen LogP contribution in [-0.2, 0) is 11.3 Å². The Balaban J connectivity index is 1.74. The van der Waals surface area contributed by atoms with Crippen LogP contribution in [0.25, 0.3) is 5.69 Å². The van der Waals surface area contributed by atoms with Crippen molar-refractivity contribution in [1.29, 1.82) is 0 Å². The molecule has 3 rings (SSSR count). The first-order valence-electron chi connectivity index (χ1n) is 10.4. The zero-order valence-electron chi connectivity index (χ0n) is 17.1. The summed E-state index contributed by atoms with van der Waals surface area (Å²) in [5, 5.41) is 7.93. The van der Waals surface area contributed by atoms with Crippen molar-refractivity contribution in [2.45, 2.75) is 58.0 Å². The van der Waals surface area contributed by atoms with Crippen LogP contribution in [0.1, 0.15) is 56.7 Å². The number of nitrogens with one attached hydrogen (secondary N) is 1. The summed E-state index contributed by atoms with van der Waals surface area (Å²) in [4.78, 5) is 14.3. The van der Waals surface area contributed by atoms with E-state index in [1.54, 1.807) is 0 Å². The Morgan fingerprint density at radius 2 is 2.07 bits per heavy atom. The van der Waals surface area contributed by atoms with Crippen LogP contribution >= 0.6 is 0 Å². The molecule has 3 N–H and O–H groups in total. The number of benzene rings is 1. The van der Waals surface area contributed by atoms with Gasteiger partial charge < -0.3 is 11.1 Å². The molecule has 0 bridgehead atoms. The molecule has 152 valence electrons. The molecule has 1 aliphatic rings. The lowest BCUT2D eigenvalue weighted by Gasteiger charge is -2.35. The maximum atomic E-state index is 11.8. The Morgan fingerprint density at radius 3 is 2.79 bits per heavy atom. The Hall–Kier alpha value is -2.18. The van der Waals surface area contributed by atoms with Crippen LogP contribution in [0.4, 0.5) is 0 Å². The third kappa shape index (κ3) is 5.20. The molecule has 1 atom stereocenters. The van der Waals surface area contributed by atoms with Crippen LogP contribution in [0.2, 0.25) is 0 Å². The van der Waals surface area contributed by atoms with Crippen molar-refractivity contribution in [3.63, 3.8) is 0 Å². The van der Waals surface area contributed by atoms with Gasteiger partial charge in [-0.2, -0.15) is 5.10 Å². The molecule has 0 radical (unpaired) electrons. The van der Waals surface area contributed by atoms with Crippen LogP contribution in [0.15, 0.2) is 36.5 Å². The minimum atomic E-state index is 0.0489. The molecule has 28 heavy (non-hydrogen) atoms. The second-order valence-corrected chi connectivity index (χ2v) is 7.94. The lowest BCUT2D eigenvalue weighted by molar-refractivity contribution is -0.121. The number of amides is 1. The van der Waals surface area contributed by atoms with Gasteiger partial charge in [-0.3, -0.25) is 9.69 Å². The largest absolute Gasteiger partial charge is 0.354 e. The Bertz CT molecular complexity index is 756. The lowest BCUT2D eigenvalue weighted by Crippen LogP contribution is -2.46. The van der Waals surface area contributed by atoms with E-state index in [0.717, 1.165) is 30.9 Å². The number of piperidine rings is 1. The molecular weight excluding hydrogens is 350 g/mol. The molecule has 2 heterocycles. The van der Waals surface area contributed by atoms with E-state index in [0.29, 0.717) is 31.5 Å². The number of hydrogen-bond acceptors (Lipinski definition) is 4. The van der Waals surface area contributed by atoms with Gasteiger partial charge in [0.25, 0.3) is 0 Å². The summed E-state index contributed by atoms with van der Waals surface area (Å²) in [5.74, 6) is 0.417. The highest BCUT2D eigenvalue weighted by Crippen LogP contribution is 2.25. The molecule has 6 nitrogen and oxygen atoms in total. The van der Waals surface area contributed by atoms with E-state index in [9.17, 15) is 4.79 Å². The Labute approximate surface area is 168 Å². The summed E-state index contributed by atoms with van der Waals surface area (Å²) in [6, 6.07) is 10.6. The molecule has 1 aromatic heterocycles. The minimum Gasteiger partial charge on any atom is -0.354 e. The van der Waals surface area contributed by atoms with Crippen LogP contribution in [0.5, 0.6) is 0 Å². The van der Waals surface area contributed by atoms with Crippen molar-refractivity contribution in [2.75, 3.05) is 19.6 Å². The van der Waals surface area contributed by atoms with Crippen molar-refractivity contribution in [3.8, 4) is 5.69 Å². The summed E-state index contributed by atoms with van der Waals surface area (Å²) in [6.07, 6.45) is 6.11. The number of nitrogens with zero attached hydrogens (tertiary/aromatic N) is 3. The van der Waals surface area contributed by atoms with E-state index in [1.165, 1.54) is 18.4 Å². The van der Waals surface area contributed by atoms with Gasteiger partial charge in [-0.25, -0.2) is 4.68 Å². The highest BCUT2D eigenvalue weighted by Gasteiger charge is 2.25. The fourth-order valence-electron chi connectivity index (χ4n) is 3.91. The molecule has 1 aromatic carbocycles. The van der Waals surface area contributed by atoms with Crippen LogP contribution in [0, 0.1) is 0 Å². The van der Waals surface area contributed by atoms with Gasteiger partial charge in [0.05, 0.1) is 11.4 Å². The van der Waals surface area contributed by atoms with E-state index in [1.807, 2.05) is 22.9 Å². The first-order valence-corrected chi connectivity index (χ1v) is 10.4. The normalized spacial score (nSPS) is 17.8. The van der Waals surface area contributed by atoms with Crippen molar-refractivity contribution < 1.29 is 4.79 Å². The summed E-state index contributed by atoms with van der Waals surface area (Å²) >= 11 is 0. The topological polar surface area (TPSA) is 76.2 Å². The van der Waals surface area contributed by atoms with Gasteiger partial charge in [0, 0.05) is 43.9 Å². The monoisotopic (exact) mass is 383 g/mol. The highest BCUT2D eigenvalue weighted by atomic mass is 16.1. The zero-order chi connectivity index (χ0) is 19.9. The van der Waals surface area contributed by atoms with Gasteiger partial charge in [0.15, 0.2) is 0 Å². The average molecular weight is 384 g/mol. The van der Waals surface area contributed by atoms with E-state index in [-0.39, 0.29) is 5.91 Å². The predicted octanol–water partition coefficient (Wildman–Crippen LogP) is 2.82. The van der Waals surface area contributed by atoms with Gasteiger partial charge in [0.2, 0.25) is 5.91 Å². The van der Waals surface area contributed by atoms with Crippen molar-refractivity contribution >= 4 is 5.91 Å². The number of carbonyl (C=O) groups is 1. The number of nitrogens with two attached hydrogens (primary N) is 1. The van der Waals surface area contributed by atoms with Crippen LogP contribution in [0.3, 0.4) is 0 Å². The fourth-order valence-corrected chi connectivity index (χ4v) is 3.91. The lowest BCUT2D eigenvalue weighted by atomic mass is 9.99. The van der Waals surface area contributed by atoms with E-state index in [2.05, 4.69) is 42.4 Å². The highest BCUT2D eigenvalue weighted by molar-refractivity contribution is 5.76. The van der Waals surface area contributed by atoms with Crippen LogP contribution in [-0.4, -0.2) is 46.3 Å². The predicted molar refractivity (Wildman–Crippen MR) is 112 cm³/mol. The quantitative estimate of drug-likeness (QED) is 0.735. The minimum absolute atomic E-state index is 0.0489. The first kappa shape index (κ1) is 20.6. The molecule has 6 heteroatoms. The van der Waals surface area contributed by atoms with Gasteiger partial charge in [-0.1, -0.05) is 38.5 Å². The average Bonchev–Trinajstić information content (AvgIpc) is 3.12. The second-order valence-electron chi connectivity index (χ2n) is 7.94. The van der Waals surface area contributed by atoms with E-state index < -0.39 is 0 Å². The van der Waals surface area contributed by atoms with Gasteiger partial charge in [-0.05, 0) is 37.4 Å². The maximum absolute atomic E-state index is 11.8. The second kappa shape index (κ2) is 9.85. The van der Waals surface area contributed by atoms with Gasteiger partial charge >= 0.3 is 0 Å². The third-order valence-electron chi connectivity index (χ3n) is 5.42. The summed E-state index contributed by atoms with van der Waals surface area (Å²) in [6.45, 7) is 7.42. The number of carbonyl (C=O) groups excluding carboxylic acids is 1. The smallest absolute Gasteiger partial charge is 0.221 e.